The van der Waals surface area contributed by atoms with E-state index < -0.39 is 24.7 Å². The summed E-state index contributed by atoms with van der Waals surface area (Å²) in [5.41, 5.74) is 0. The Balaban J connectivity index is 2.36. The predicted molar refractivity (Wildman–Crippen MR) is 71.2 cm³/mol. The largest absolute Gasteiger partial charge is 0.405 e. The van der Waals surface area contributed by atoms with E-state index in [1.165, 1.54) is 0 Å². The summed E-state index contributed by atoms with van der Waals surface area (Å²) in [5.74, 6) is 0.418. The summed E-state index contributed by atoms with van der Waals surface area (Å²) in [5, 5.41) is 5.52. The van der Waals surface area contributed by atoms with Gasteiger partial charge >= 0.3 is 6.18 Å². The molecule has 2 N–H and O–H groups in total. The Labute approximate surface area is 116 Å². The first-order valence-corrected chi connectivity index (χ1v) is 7.60. The molecule has 0 aromatic heterocycles. The van der Waals surface area contributed by atoms with Crippen LogP contribution in [-0.4, -0.2) is 41.7 Å². The maximum Gasteiger partial charge on any atom is 0.405 e. The quantitative estimate of drug-likeness (QED) is 0.791. The van der Waals surface area contributed by atoms with Crippen molar-refractivity contribution in [1.82, 2.24) is 10.6 Å². The lowest BCUT2D eigenvalue weighted by molar-refractivity contribution is -0.139. The summed E-state index contributed by atoms with van der Waals surface area (Å²) < 4.78 is 36.0. The van der Waals surface area contributed by atoms with Crippen LogP contribution in [0.4, 0.5) is 13.2 Å². The van der Waals surface area contributed by atoms with Gasteiger partial charge in [0.15, 0.2) is 0 Å². The van der Waals surface area contributed by atoms with Crippen LogP contribution < -0.4 is 10.6 Å². The van der Waals surface area contributed by atoms with Crippen molar-refractivity contribution in [3.8, 4) is 0 Å². The van der Waals surface area contributed by atoms with E-state index in [0.717, 1.165) is 25.0 Å². The summed E-state index contributed by atoms with van der Waals surface area (Å²) in [7, 11) is 0. The fraction of sp³-hybridized carbons (Fsp3) is 0.917. The number of hydrogen-bond acceptors (Lipinski definition) is 3. The summed E-state index contributed by atoms with van der Waals surface area (Å²) in [4.78, 5) is 11.6. The molecular weight excluding hydrogens is 277 g/mol. The zero-order chi connectivity index (χ0) is 14.5. The minimum absolute atomic E-state index is 0.219. The van der Waals surface area contributed by atoms with E-state index in [0.29, 0.717) is 5.25 Å². The highest BCUT2D eigenvalue weighted by atomic mass is 32.2. The average molecular weight is 298 g/mol. The van der Waals surface area contributed by atoms with Gasteiger partial charge in [-0.3, -0.25) is 4.79 Å². The number of alkyl halides is 3. The molecule has 112 valence electrons. The van der Waals surface area contributed by atoms with E-state index in [9.17, 15) is 18.0 Å². The molecule has 0 aromatic carbocycles. The van der Waals surface area contributed by atoms with Crippen molar-refractivity contribution in [2.24, 2.45) is 0 Å². The molecule has 19 heavy (non-hydrogen) atoms. The minimum Gasteiger partial charge on any atom is -0.346 e. The number of nitrogens with one attached hydrogen (secondary N) is 2. The SMILES string of the molecule is CCSC1CCCC1NC(C)C(=O)NCC(F)(F)F. The highest BCUT2D eigenvalue weighted by molar-refractivity contribution is 7.99. The lowest BCUT2D eigenvalue weighted by atomic mass is 10.2. The summed E-state index contributed by atoms with van der Waals surface area (Å²) >= 11 is 1.84. The second kappa shape index (κ2) is 7.38. The monoisotopic (exact) mass is 298 g/mol. The van der Waals surface area contributed by atoms with E-state index in [2.05, 4.69) is 12.2 Å². The molecule has 3 nitrogen and oxygen atoms in total. The summed E-state index contributed by atoms with van der Waals surface area (Å²) in [6, 6.07) is -0.373. The number of halogens is 3. The molecule has 1 aliphatic rings. The first-order chi connectivity index (χ1) is 8.83. The Morgan fingerprint density at radius 2 is 2.11 bits per heavy atom. The Kier molecular flexibility index (Phi) is 6.46. The molecule has 0 spiro atoms. The van der Waals surface area contributed by atoms with Crippen LogP contribution in [0.5, 0.6) is 0 Å². The predicted octanol–water partition coefficient (Wildman–Crippen LogP) is 2.32. The van der Waals surface area contributed by atoms with Crippen LogP contribution in [0.2, 0.25) is 0 Å². The van der Waals surface area contributed by atoms with Gasteiger partial charge in [-0.1, -0.05) is 13.3 Å². The van der Waals surface area contributed by atoms with E-state index >= 15 is 0 Å². The molecule has 0 bridgehead atoms. The van der Waals surface area contributed by atoms with E-state index in [1.54, 1.807) is 6.92 Å². The molecule has 0 aromatic rings. The maximum absolute atomic E-state index is 12.0. The molecule has 1 saturated carbocycles. The van der Waals surface area contributed by atoms with Crippen molar-refractivity contribution in [2.45, 2.75) is 56.6 Å². The van der Waals surface area contributed by atoms with E-state index in [1.807, 2.05) is 17.1 Å². The molecule has 0 saturated heterocycles. The standard InChI is InChI=1S/C12H21F3N2OS/c1-3-19-10-6-4-5-9(10)17-8(2)11(18)16-7-12(13,14)15/h8-10,17H,3-7H2,1-2H3,(H,16,18). The fourth-order valence-corrected chi connectivity index (χ4v) is 3.48. The van der Waals surface area contributed by atoms with Gasteiger partial charge in [0.2, 0.25) is 5.91 Å². The van der Waals surface area contributed by atoms with Gasteiger partial charge in [0.1, 0.15) is 6.54 Å². The van der Waals surface area contributed by atoms with Crippen molar-refractivity contribution in [3.63, 3.8) is 0 Å². The van der Waals surface area contributed by atoms with Crippen molar-refractivity contribution < 1.29 is 18.0 Å². The second-order valence-corrected chi connectivity index (χ2v) is 6.27. The Morgan fingerprint density at radius 3 is 2.68 bits per heavy atom. The van der Waals surface area contributed by atoms with Gasteiger partial charge in [-0.05, 0) is 25.5 Å². The number of amides is 1. The molecule has 7 heteroatoms. The lowest BCUT2D eigenvalue weighted by Crippen LogP contribution is -2.50. The normalized spacial score (nSPS) is 25.3. The topological polar surface area (TPSA) is 41.1 Å². The molecule has 1 rings (SSSR count). The molecule has 1 fully saturated rings. The van der Waals surface area contributed by atoms with Crippen LogP contribution in [0, 0.1) is 0 Å². The summed E-state index contributed by atoms with van der Waals surface area (Å²) in [6.45, 7) is 2.42. The number of carbonyl (C=O) groups excluding carboxylic acids is 1. The van der Waals surface area contributed by atoms with Crippen molar-refractivity contribution in [2.75, 3.05) is 12.3 Å². The van der Waals surface area contributed by atoms with Crippen LogP contribution in [0.1, 0.15) is 33.1 Å². The Hall–Kier alpha value is -0.430. The molecule has 1 aliphatic carbocycles. The van der Waals surface area contributed by atoms with Crippen LogP contribution in [0.25, 0.3) is 0 Å². The maximum atomic E-state index is 12.0. The van der Waals surface area contributed by atoms with Gasteiger partial charge in [-0.15, -0.1) is 0 Å². The highest BCUT2D eigenvalue weighted by Gasteiger charge is 2.31. The van der Waals surface area contributed by atoms with E-state index in [-0.39, 0.29) is 6.04 Å². The van der Waals surface area contributed by atoms with Crippen LogP contribution >= 0.6 is 11.8 Å². The third-order valence-corrected chi connectivity index (χ3v) is 4.48. The molecular formula is C12H21F3N2OS. The highest BCUT2D eigenvalue weighted by Crippen LogP contribution is 2.30. The molecule has 0 radical (unpaired) electrons. The van der Waals surface area contributed by atoms with Gasteiger partial charge in [0.05, 0.1) is 6.04 Å². The number of thioether (sulfide) groups is 1. The van der Waals surface area contributed by atoms with Crippen molar-refractivity contribution >= 4 is 17.7 Å². The van der Waals surface area contributed by atoms with Gasteiger partial charge < -0.3 is 10.6 Å². The zero-order valence-corrected chi connectivity index (χ0v) is 12.0. The third kappa shape index (κ3) is 6.03. The molecule has 0 heterocycles. The lowest BCUT2D eigenvalue weighted by Gasteiger charge is -2.24. The summed E-state index contributed by atoms with van der Waals surface area (Å²) in [6.07, 6.45) is -1.17. The first-order valence-electron chi connectivity index (χ1n) is 6.55. The third-order valence-electron chi connectivity index (χ3n) is 3.15. The Morgan fingerprint density at radius 1 is 1.42 bits per heavy atom. The van der Waals surface area contributed by atoms with Gasteiger partial charge in [-0.25, -0.2) is 0 Å². The number of carbonyl (C=O) groups is 1. The zero-order valence-electron chi connectivity index (χ0n) is 11.2. The molecule has 3 atom stereocenters. The Bertz CT molecular complexity index is 299. The van der Waals surface area contributed by atoms with E-state index in [4.69, 9.17) is 0 Å². The van der Waals surface area contributed by atoms with Crippen molar-refractivity contribution in [1.29, 1.82) is 0 Å². The van der Waals surface area contributed by atoms with Crippen LogP contribution in [0.3, 0.4) is 0 Å². The van der Waals surface area contributed by atoms with Gasteiger partial charge in [-0.2, -0.15) is 24.9 Å². The van der Waals surface area contributed by atoms with Crippen molar-refractivity contribution in [3.05, 3.63) is 0 Å². The second-order valence-electron chi connectivity index (χ2n) is 4.75. The number of rotatable bonds is 6. The first kappa shape index (κ1) is 16.6. The van der Waals surface area contributed by atoms with Crippen LogP contribution in [-0.2, 0) is 4.79 Å². The molecule has 3 unspecified atom stereocenters. The van der Waals surface area contributed by atoms with Gasteiger partial charge in [0.25, 0.3) is 0 Å². The minimum atomic E-state index is -4.36. The molecule has 0 aliphatic heterocycles. The average Bonchev–Trinajstić information content (AvgIpc) is 2.73. The number of hydrogen-bond donors (Lipinski definition) is 2. The van der Waals surface area contributed by atoms with Gasteiger partial charge in [0, 0.05) is 11.3 Å². The molecule has 1 amide bonds. The smallest absolute Gasteiger partial charge is 0.346 e. The fourth-order valence-electron chi connectivity index (χ4n) is 2.27. The van der Waals surface area contributed by atoms with Crippen LogP contribution in [0.15, 0.2) is 0 Å².